The molecule has 2 aromatic rings. The van der Waals surface area contributed by atoms with Crippen LogP contribution in [0.4, 0.5) is 11.5 Å². The van der Waals surface area contributed by atoms with Crippen LogP contribution in [0.15, 0.2) is 29.2 Å². The molecule has 21 heavy (non-hydrogen) atoms. The minimum absolute atomic E-state index is 0.0119. The number of nitriles is 1. The zero-order chi connectivity index (χ0) is 15.6. The van der Waals surface area contributed by atoms with E-state index in [-0.39, 0.29) is 22.2 Å². The zero-order valence-electron chi connectivity index (χ0n) is 11.6. The maximum Gasteiger partial charge on any atom is 0.264 e. The van der Waals surface area contributed by atoms with Gasteiger partial charge in [0, 0.05) is 17.4 Å². The Morgan fingerprint density at radius 2 is 2.10 bits per heavy atom. The molecule has 1 aromatic heterocycles. The molecule has 7 nitrogen and oxygen atoms in total. The van der Waals surface area contributed by atoms with Gasteiger partial charge in [0.15, 0.2) is 5.82 Å². The van der Waals surface area contributed by atoms with Crippen molar-refractivity contribution in [2.24, 2.45) is 0 Å². The topological polar surface area (TPSA) is 125 Å². The minimum Gasteiger partial charge on any atom is -0.399 e. The van der Waals surface area contributed by atoms with E-state index >= 15 is 0 Å². The summed E-state index contributed by atoms with van der Waals surface area (Å²) in [6.45, 7) is 3.92. The Bertz CT molecular complexity index is 802. The molecule has 1 heterocycles. The van der Waals surface area contributed by atoms with Crippen molar-refractivity contribution in [2.75, 3.05) is 10.5 Å². The molecular weight excluding hydrogens is 290 g/mol. The predicted molar refractivity (Wildman–Crippen MR) is 79.1 cm³/mol. The maximum atomic E-state index is 12.3. The van der Waals surface area contributed by atoms with E-state index in [1.165, 1.54) is 18.2 Å². The Hall–Kier alpha value is -2.53. The van der Waals surface area contributed by atoms with Crippen molar-refractivity contribution < 1.29 is 8.42 Å². The first kappa shape index (κ1) is 14.9. The number of sulfonamides is 1. The molecule has 0 unspecified atom stereocenters. The molecule has 0 saturated heterocycles. The third-order valence-electron chi connectivity index (χ3n) is 2.87. The Kier molecular flexibility index (Phi) is 3.86. The number of benzene rings is 1. The van der Waals surface area contributed by atoms with Crippen LogP contribution in [-0.2, 0) is 10.0 Å². The van der Waals surface area contributed by atoms with Crippen LogP contribution in [0.25, 0.3) is 0 Å². The summed E-state index contributed by atoms with van der Waals surface area (Å²) in [5.74, 6) is 0.376. The fraction of sp³-hybridized carbons (Fsp3) is 0.231. The number of H-pyrrole nitrogens is 1. The van der Waals surface area contributed by atoms with E-state index < -0.39 is 10.0 Å². The number of hydrogen-bond acceptors (Lipinski definition) is 5. The fourth-order valence-corrected chi connectivity index (χ4v) is 2.88. The summed E-state index contributed by atoms with van der Waals surface area (Å²) in [4.78, 5) is -0.131. The lowest BCUT2D eigenvalue weighted by atomic mass is 10.1. The van der Waals surface area contributed by atoms with E-state index in [9.17, 15) is 8.42 Å². The third kappa shape index (κ3) is 3.14. The van der Waals surface area contributed by atoms with Gasteiger partial charge in [0.05, 0.1) is 5.56 Å². The van der Waals surface area contributed by atoms with E-state index in [0.717, 1.165) is 5.69 Å². The van der Waals surface area contributed by atoms with Crippen LogP contribution in [0.1, 0.15) is 31.0 Å². The molecule has 0 amide bonds. The second-order valence-electron chi connectivity index (χ2n) is 4.84. The van der Waals surface area contributed by atoms with Crippen LogP contribution in [0.5, 0.6) is 0 Å². The molecule has 0 atom stereocenters. The smallest absolute Gasteiger partial charge is 0.264 e. The number of aromatic nitrogens is 2. The standard InChI is InChI=1S/C13H15N5O2S/c1-8(2)11-6-13(17-16-11)18-21(19,20)12-4-3-10(15)5-9(12)7-14/h3-6,8H,15H2,1-2H3,(H2,16,17,18). The minimum atomic E-state index is -3.90. The van der Waals surface area contributed by atoms with E-state index in [1.807, 2.05) is 19.9 Å². The molecular formula is C13H15N5O2S. The highest BCUT2D eigenvalue weighted by Gasteiger charge is 2.20. The van der Waals surface area contributed by atoms with Crippen molar-refractivity contribution in [3.63, 3.8) is 0 Å². The van der Waals surface area contributed by atoms with Gasteiger partial charge in [-0.25, -0.2) is 8.42 Å². The second kappa shape index (κ2) is 5.46. The summed E-state index contributed by atoms with van der Waals surface area (Å²) >= 11 is 0. The van der Waals surface area contributed by atoms with Gasteiger partial charge in [0.25, 0.3) is 10.0 Å². The maximum absolute atomic E-state index is 12.3. The normalized spacial score (nSPS) is 11.3. The van der Waals surface area contributed by atoms with Gasteiger partial charge in [0.2, 0.25) is 0 Å². The average Bonchev–Trinajstić information content (AvgIpc) is 2.86. The van der Waals surface area contributed by atoms with E-state index in [2.05, 4.69) is 14.9 Å². The Morgan fingerprint density at radius 1 is 1.38 bits per heavy atom. The van der Waals surface area contributed by atoms with Gasteiger partial charge in [-0.05, 0) is 24.1 Å². The van der Waals surface area contributed by atoms with Crippen LogP contribution in [-0.4, -0.2) is 18.6 Å². The van der Waals surface area contributed by atoms with Gasteiger partial charge >= 0.3 is 0 Å². The summed E-state index contributed by atoms with van der Waals surface area (Å²) < 4.78 is 27.0. The van der Waals surface area contributed by atoms with Crippen molar-refractivity contribution in [1.82, 2.24) is 10.2 Å². The lowest BCUT2D eigenvalue weighted by molar-refractivity contribution is 0.601. The van der Waals surface area contributed by atoms with Crippen molar-refractivity contribution in [3.05, 3.63) is 35.5 Å². The Balaban J connectivity index is 2.36. The first-order chi connectivity index (χ1) is 9.83. The molecule has 0 aliphatic rings. The van der Waals surface area contributed by atoms with Gasteiger partial charge < -0.3 is 5.73 Å². The van der Waals surface area contributed by atoms with Gasteiger partial charge in [-0.1, -0.05) is 13.8 Å². The highest BCUT2D eigenvalue weighted by Crippen LogP contribution is 2.22. The summed E-state index contributed by atoms with van der Waals surface area (Å²) in [7, 11) is -3.90. The molecule has 8 heteroatoms. The predicted octanol–water partition coefficient (Wildman–Crippen LogP) is 1.79. The summed E-state index contributed by atoms with van der Waals surface area (Å²) in [5, 5.41) is 15.7. The molecule has 110 valence electrons. The number of anilines is 2. The van der Waals surface area contributed by atoms with Crippen LogP contribution < -0.4 is 10.5 Å². The Labute approximate surface area is 122 Å². The number of hydrogen-bond donors (Lipinski definition) is 3. The zero-order valence-corrected chi connectivity index (χ0v) is 12.4. The quantitative estimate of drug-likeness (QED) is 0.743. The van der Waals surface area contributed by atoms with Crippen molar-refractivity contribution in [1.29, 1.82) is 5.26 Å². The van der Waals surface area contributed by atoms with Gasteiger partial charge in [-0.15, -0.1) is 0 Å². The van der Waals surface area contributed by atoms with Crippen LogP contribution in [0, 0.1) is 11.3 Å². The molecule has 0 aliphatic carbocycles. The van der Waals surface area contributed by atoms with E-state index in [0.29, 0.717) is 5.69 Å². The lowest BCUT2D eigenvalue weighted by Gasteiger charge is -2.07. The molecule has 0 saturated carbocycles. The number of aromatic amines is 1. The van der Waals surface area contributed by atoms with Crippen LogP contribution in [0.3, 0.4) is 0 Å². The second-order valence-corrected chi connectivity index (χ2v) is 6.49. The third-order valence-corrected chi connectivity index (χ3v) is 4.29. The van der Waals surface area contributed by atoms with Crippen molar-refractivity contribution in [3.8, 4) is 6.07 Å². The lowest BCUT2D eigenvalue weighted by Crippen LogP contribution is -2.14. The highest BCUT2D eigenvalue weighted by molar-refractivity contribution is 7.92. The highest BCUT2D eigenvalue weighted by atomic mass is 32.2. The molecule has 0 aliphatic heterocycles. The number of nitrogens with zero attached hydrogens (tertiary/aromatic N) is 2. The molecule has 0 radical (unpaired) electrons. The first-order valence-corrected chi connectivity index (χ1v) is 7.69. The molecule has 0 spiro atoms. The van der Waals surface area contributed by atoms with Crippen molar-refractivity contribution in [2.45, 2.75) is 24.7 Å². The van der Waals surface area contributed by atoms with Crippen molar-refractivity contribution >= 4 is 21.5 Å². The molecule has 4 N–H and O–H groups in total. The summed E-state index contributed by atoms with van der Waals surface area (Å²) in [5.41, 5.74) is 6.68. The first-order valence-electron chi connectivity index (χ1n) is 6.21. The Morgan fingerprint density at radius 3 is 2.67 bits per heavy atom. The monoisotopic (exact) mass is 305 g/mol. The number of nitrogens with two attached hydrogens (primary N) is 1. The van der Waals surface area contributed by atoms with Gasteiger partial charge in [-0.2, -0.15) is 10.4 Å². The average molecular weight is 305 g/mol. The fourth-order valence-electron chi connectivity index (χ4n) is 1.75. The number of nitrogen functional groups attached to an aromatic ring is 1. The van der Waals surface area contributed by atoms with Crippen LogP contribution in [0.2, 0.25) is 0 Å². The van der Waals surface area contributed by atoms with Gasteiger partial charge in [-0.3, -0.25) is 9.82 Å². The van der Waals surface area contributed by atoms with Gasteiger partial charge in [0.1, 0.15) is 11.0 Å². The molecule has 2 rings (SSSR count). The SMILES string of the molecule is CC(C)c1cc(NS(=O)(=O)c2ccc(N)cc2C#N)n[nH]1. The largest absolute Gasteiger partial charge is 0.399 e. The summed E-state index contributed by atoms with van der Waals surface area (Å²) in [6, 6.07) is 7.49. The molecule has 0 bridgehead atoms. The summed E-state index contributed by atoms with van der Waals surface area (Å²) in [6.07, 6.45) is 0. The molecule has 1 aromatic carbocycles. The van der Waals surface area contributed by atoms with E-state index in [1.54, 1.807) is 6.07 Å². The number of nitrogens with one attached hydrogen (secondary N) is 2. The molecule has 0 fully saturated rings. The van der Waals surface area contributed by atoms with E-state index in [4.69, 9.17) is 11.0 Å². The number of rotatable bonds is 4. The van der Waals surface area contributed by atoms with Crippen LogP contribution >= 0.6 is 0 Å².